The van der Waals surface area contributed by atoms with Gasteiger partial charge in [0.15, 0.2) is 0 Å². The largest absolute Gasteiger partial charge is 0.480 e. The zero-order valence-electron chi connectivity index (χ0n) is 12.3. The Balaban J connectivity index is 2.17. The van der Waals surface area contributed by atoms with Crippen LogP contribution in [0.1, 0.15) is 46.5 Å². The Morgan fingerprint density at radius 2 is 1.90 bits per heavy atom. The first-order valence-corrected chi connectivity index (χ1v) is 7.05. The van der Waals surface area contributed by atoms with Gasteiger partial charge >= 0.3 is 12.1 Å². The summed E-state index contributed by atoms with van der Waals surface area (Å²) in [5.74, 6) is -1.09. The molecular weight excluding hydrogens is 262 g/mol. The number of nitrogens with zero attached hydrogens (tertiary/aromatic N) is 1. The van der Waals surface area contributed by atoms with Crippen LogP contribution < -0.4 is 0 Å². The van der Waals surface area contributed by atoms with Gasteiger partial charge in [0.2, 0.25) is 0 Å². The number of rotatable bonds is 1. The van der Waals surface area contributed by atoms with Crippen molar-refractivity contribution in [3.8, 4) is 0 Å². The molecule has 0 unspecified atom stereocenters. The molecule has 0 aromatic carbocycles. The first-order chi connectivity index (χ1) is 9.15. The smallest absolute Gasteiger partial charge is 0.411 e. The SMILES string of the molecule is CC(C)(C)OC(=O)N1CC2(CCC2)[C@H](O)C[C@H]1C(=O)O. The van der Waals surface area contributed by atoms with Gasteiger partial charge in [-0.25, -0.2) is 9.59 Å². The number of piperidine rings is 1. The van der Waals surface area contributed by atoms with E-state index in [0.29, 0.717) is 0 Å². The molecule has 1 spiro atoms. The second-order valence-corrected chi connectivity index (χ2v) is 6.93. The molecule has 0 radical (unpaired) electrons. The van der Waals surface area contributed by atoms with Crippen LogP contribution in [0.4, 0.5) is 4.79 Å². The van der Waals surface area contributed by atoms with E-state index < -0.39 is 29.8 Å². The van der Waals surface area contributed by atoms with E-state index in [4.69, 9.17) is 4.74 Å². The average molecular weight is 285 g/mol. The van der Waals surface area contributed by atoms with Crippen LogP contribution in [0.5, 0.6) is 0 Å². The van der Waals surface area contributed by atoms with Gasteiger partial charge in [-0.3, -0.25) is 4.90 Å². The fraction of sp³-hybridized carbons (Fsp3) is 0.857. The molecule has 1 aliphatic carbocycles. The highest BCUT2D eigenvalue weighted by Gasteiger charge is 2.53. The number of carbonyl (C=O) groups excluding carboxylic acids is 1. The highest BCUT2D eigenvalue weighted by atomic mass is 16.6. The minimum atomic E-state index is -1.09. The number of hydrogen-bond acceptors (Lipinski definition) is 4. The number of likely N-dealkylation sites (tertiary alicyclic amines) is 1. The molecule has 0 bridgehead atoms. The van der Waals surface area contributed by atoms with Gasteiger partial charge in [0.05, 0.1) is 6.10 Å². The summed E-state index contributed by atoms with van der Waals surface area (Å²) < 4.78 is 5.30. The predicted octanol–water partition coefficient (Wildman–Crippen LogP) is 1.61. The number of amides is 1. The Bertz CT molecular complexity index is 410. The minimum Gasteiger partial charge on any atom is -0.480 e. The molecule has 2 rings (SSSR count). The summed E-state index contributed by atoms with van der Waals surface area (Å²) in [6.45, 7) is 5.51. The van der Waals surface area contributed by atoms with Crippen molar-refractivity contribution in [1.29, 1.82) is 0 Å². The van der Waals surface area contributed by atoms with E-state index in [9.17, 15) is 19.8 Å². The summed E-state index contributed by atoms with van der Waals surface area (Å²) in [6.07, 6.45) is 1.49. The van der Waals surface area contributed by atoms with Gasteiger partial charge < -0.3 is 14.9 Å². The molecule has 2 atom stereocenters. The van der Waals surface area contributed by atoms with Crippen molar-refractivity contribution in [1.82, 2.24) is 4.90 Å². The number of carboxylic acids is 1. The van der Waals surface area contributed by atoms with Crippen molar-refractivity contribution in [3.05, 3.63) is 0 Å². The predicted molar refractivity (Wildman–Crippen MR) is 71.3 cm³/mol. The molecule has 1 amide bonds. The fourth-order valence-corrected chi connectivity index (χ4v) is 3.01. The Morgan fingerprint density at radius 1 is 1.30 bits per heavy atom. The normalized spacial score (nSPS) is 28.9. The van der Waals surface area contributed by atoms with Crippen molar-refractivity contribution >= 4 is 12.1 Å². The maximum absolute atomic E-state index is 12.2. The molecule has 1 saturated carbocycles. The number of aliphatic hydroxyl groups excluding tert-OH is 1. The van der Waals surface area contributed by atoms with Gasteiger partial charge in [-0.2, -0.15) is 0 Å². The zero-order valence-corrected chi connectivity index (χ0v) is 12.3. The van der Waals surface area contributed by atoms with Crippen LogP contribution in [0.15, 0.2) is 0 Å². The van der Waals surface area contributed by atoms with Gasteiger partial charge in [0, 0.05) is 18.4 Å². The number of aliphatic carboxylic acids is 1. The molecule has 0 aromatic heterocycles. The van der Waals surface area contributed by atoms with Crippen molar-refractivity contribution in [3.63, 3.8) is 0 Å². The molecule has 0 aromatic rings. The van der Waals surface area contributed by atoms with Gasteiger partial charge in [0.25, 0.3) is 0 Å². The van der Waals surface area contributed by atoms with E-state index in [1.54, 1.807) is 20.8 Å². The Kier molecular flexibility index (Phi) is 3.71. The lowest BCUT2D eigenvalue weighted by Crippen LogP contribution is -2.62. The maximum atomic E-state index is 12.2. The summed E-state index contributed by atoms with van der Waals surface area (Å²) >= 11 is 0. The molecule has 2 aliphatic rings. The minimum absolute atomic E-state index is 0.0780. The Morgan fingerprint density at radius 3 is 2.30 bits per heavy atom. The topological polar surface area (TPSA) is 87.1 Å². The third kappa shape index (κ3) is 2.75. The number of hydrogen-bond donors (Lipinski definition) is 2. The van der Waals surface area contributed by atoms with E-state index in [0.717, 1.165) is 19.3 Å². The lowest BCUT2D eigenvalue weighted by atomic mass is 9.61. The second kappa shape index (κ2) is 4.91. The van der Waals surface area contributed by atoms with Gasteiger partial charge in [-0.05, 0) is 33.6 Å². The Labute approximate surface area is 118 Å². The third-order valence-electron chi connectivity index (χ3n) is 4.28. The molecule has 6 heteroatoms. The molecule has 1 aliphatic heterocycles. The van der Waals surface area contributed by atoms with Gasteiger partial charge in [0.1, 0.15) is 11.6 Å². The summed E-state index contributed by atoms with van der Waals surface area (Å²) in [5, 5.41) is 19.5. The number of ether oxygens (including phenoxy) is 1. The average Bonchev–Trinajstić information content (AvgIpc) is 2.23. The second-order valence-electron chi connectivity index (χ2n) is 6.93. The first kappa shape index (κ1) is 15.1. The lowest BCUT2D eigenvalue weighted by molar-refractivity contribution is -0.157. The molecule has 2 fully saturated rings. The number of aliphatic hydroxyl groups is 1. The summed E-state index contributed by atoms with van der Waals surface area (Å²) in [4.78, 5) is 24.8. The van der Waals surface area contributed by atoms with Crippen molar-refractivity contribution in [2.45, 2.75) is 64.2 Å². The van der Waals surface area contributed by atoms with Gasteiger partial charge in [-0.1, -0.05) is 6.42 Å². The van der Waals surface area contributed by atoms with E-state index in [-0.39, 0.29) is 18.4 Å². The van der Waals surface area contributed by atoms with Crippen LogP contribution in [-0.4, -0.2) is 51.5 Å². The van der Waals surface area contributed by atoms with Crippen molar-refractivity contribution in [2.24, 2.45) is 5.41 Å². The van der Waals surface area contributed by atoms with Crippen LogP contribution in [0, 0.1) is 5.41 Å². The van der Waals surface area contributed by atoms with Crippen LogP contribution in [0.25, 0.3) is 0 Å². The monoisotopic (exact) mass is 285 g/mol. The standard InChI is InChI=1S/C14H23NO5/c1-13(2,3)20-12(19)15-8-14(5-4-6-14)10(16)7-9(15)11(17)18/h9-10,16H,4-8H2,1-3H3,(H,17,18)/t9-,10+/m0/s1. The lowest BCUT2D eigenvalue weighted by Gasteiger charge is -2.53. The van der Waals surface area contributed by atoms with Crippen LogP contribution >= 0.6 is 0 Å². The molecule has 114 valence electrons. The molecular formula is C14H23NO5. The van der Waals surface area contributed by atoms with E-state index >= 15 is 0 Å². The summed E-state index contributed by atoms with van der Waals surface area (Å²) in [6, 6.07) is -1.01. The highest BCUT2D eigenvalue weighted by molar-refractivity contribution is 5.80. The third-order valence-corrected chi connectivity index (χ3v) is 4.28. The van der Waals surface area contributed by atoms with Crippen molar-refractivity contribution < 1.29 is 24.5 Å². The highest BCUT2D eigenvalue weighted by Crippen LogP contribution is 2.49. The van der Waals surface area contributed by atoms with Crippen LogP contribution in [0.3, 0.4) is 0 Å². The number of carboxylic acid groups (broad SMARTS) is 1. The molecule has 1 saturated heterocycles. The molecule has 20 heavy (non-hydrogen) atoms. The zero-order chi connectivity index (χ0) is 15.1. The van der Waals surface area contributed by atoms with Crippen LogP contribution in [-0.2, 0) is 9.53 Å². The first-order valence-electron chi connectivity index (χ1n) is 7.05. The van der Waals surface area contributed by atoms with Gasteiger partial charge in [-0.15, -0.1) is 0 Å². The number of carbonyl (C=O) groups is 2. The summed E-state index contributed by atoms with van der Waals surface area (Å²) in [5.41, 5.74) is -0.994. The quantitative estimate of drug-likeness (QED) is 0.764. The Hall–Kier alpha value is -1.30. The van der Waals surface area contributed by atoms with E-state index in [2.05, 4.69) is 0 Å². The van der Waals surface area contributed by atoms with E-state index in [1.165, 1.54) is 4.90 Å². The maximum Gasteiger partial charge on any atom is 0.411 e. The molecule has 6 nitrogen and oxygen atoms in total. The summed E-state index contributed by atoms with van der Waals surface area (Å²) in [7, 11) is 0. The molecule has 1 heterocycles. The van der Waals surface area contributed by atoms with Crippen molar-refractivity contribution in [2.75, 3.05) is 6.54 Å². The van der Waals surface area contributed by atoms with E-state index in [1.807, 2.05) is 0 Å². The molecule has 2 N–H and O–H groups in total. The van der Waals surface area contributed by atoms with Crippen LogP contribution in [0.2, 0.25) is 0 Å². The fourth-order valence-electron chi connectivity index (χ4n) is 3.01.